The van der Waals surface area contributed by atoms with Crippen LogP contribution in [-0.4, -0.2) is 11.1 Å². The number of benzene rings is 1. The van der Waals surface area contributed by atoms with Crippen LogP contribution in [0.5, 0.6) is 0 Å². The van der Waals surface area contributed by atoms with Crippen LogP contribution in [0.1, 0.15) is 36.7 Å². The second-order valence-electron chi connectivity index (χ2n) is 4.56. The maximum absolute atomic E-state index is 13.5. The molecule has 17 heavy (non-hydrogen) atoms. The van der Waals surface area contributed by atoms with Gasteiger partial charge in [0.05, 0.1) is 0 Å². The summed E-state index contributed by atoms with van der Waals surface area (Å²) in [5.41, 5.74) is -3.61. The Balaban J connectivity index is 3.77. The first-order chi connectivity index (χ1) is 7.59. The van der Waals surface area contributed by atoms with Gasteiger partial charge in [-0.25, -0.2) is 22.4 Å². The summed E-state index contributed by atoms with van der Waals surface area (Å²) in [6.07, 6.45) is 0. The van der Waals surface area contributed by atoms with Gasteiger partial charge in [0.15, 0.2) is 23.3 Å². The highest BCUT2D eigenvalue weighted by molar-refractivity contribution is 5.88. The monoisotopic (exact) mass is 250 g/mol. The van der Waals surface area contributed by atoms with Gasteiger partial charge in [0, 0.05) is 5.56 Å². The Hall–Kier alpha value is -1.59. The molecule has 0 saturated carbocycles. The number of carbonyl (C=O) groups is 1. The van der Waals surface area contributed by atoms with E-state index in [9.17, 15) is 22.4 Å². The first-order valence-electron chi connectivity index (χ1n) is 4.68. The number of aromatic carboxylic acids is 1. The van der Waals surface area contributed by atoms with E-state index >= 15 is 0 Å². The second kappa shape index (κ2) is 4.01. The molecule has 1 aromatic rings. The Morgan fingerprint density at radius 3 is 1.53 bits per heavy atom. The summed E-state index contributed by atoms with van der Waals surface area (Å²) in [7, 11) is 0. The zero-order chi connectivity index (χ0) is 13.5. The van der Waals surface area contributed by atoms with Gasteiger partial charge in [0.1, 0.15) is 5.56 Å². The molecule has 0 aromatic heterocycles. The van der Waals surface area contributed by atoms with Crippen LogP contribution < -0.4 is 0 Å². The summed E-state index contributed by atoms with van der Waals surface area (Å²) in [5, 5.41) is 8.48. The fourth-order valence-corrected chi connectivity index (χ4v) is 1.48. The van der Waals surface area contributed by atoms with E-state index in [2.05, 4.69) is 0 Å². The van der Waals surface area contributed by atoms with Gasteiger partial charge in [-0.15, -0.1) is 0 Å². The van der Waals surface area contributed by atoms with Gasteiger partial charge in [-0.1, -0.05) is 20.8 Å². The molecular weight excluding hydrogens is 240 g/mol. The molecule has 0 aliphatic heterocycles. The average Bonchev–Trinajstić information content (AvgIpc) is 2.12. The van der Waals surface area contributed by atoms with Gasteiger partial charge in [-0.2, -0.15) is 0 Å². The molecule has 0 spiro atoms. The number of carboxylic acid groups (broad SMARTS) is 1. The van der Waals surface area contributed by atoms with Crippen LogP contribution in [0, 0.1) is 23.3 Å². The topological polar surface area (TPSA) is 37.3 Å². The lowest BCUT2D eigenvalue weighted by molar-refractivity contribution is 0.0683. The number of carboxylic acids is 1. The van der Waals surface area contributed by atoms with Gasteiger partial charge in [0.25, 0.3) is 0 Å². The van der Waals surface area contributed by atoms with Crippen molar-refractivity contribution in [3.63, 3.8) is 0 Å². The summed E-state index contributed by atoms with van der Waals surface area (Å²) in [6, 6.07) is 0. The molecule has 1 rings (SSSR count). The van der Waals surface area contributed by atoms with Gasteiger partial charge < -0.3 is 5.11 Å². The molecule has 0 fully saturated rings. The molecule has 0 aliphatic rings. The number of hydrogen-bond acceptors (Lipinski definition) is 1. The van der Waals surface area contributed by atoms with Crippen molar-refractivity contribution < 1.29 is 27.5 Å². The van der Waals surface area contributed by atoms with E-state index in [1.807, 2.05) is 0 Å². The third-order valence-electron chi connectivity index (χ3n) is 2.23. The molecule has 94 valence electrons. The lowest BCUT2D eigenvalue weighted by atomic mass is 9.85. The molecule has 0 bridgehead atoms. The van der Waals surface area contributed by atoms with E-state index in [0.29, 0.717) is 0 Å². The molecular formula is C11H10F4O2. The lowest BCUT2D eigenvalue weighted by Gasteiger charge is -2.21. The molecule has 1 N–H and O–H groups in total. The minimum absolute atomic E-state index is 0.808. The third kappa shape index (κ3) is 2.11. The smallest absolute Gasteiger partial charge is 0.341 e. The molecule has 0 atom stereocenters. The lowest BCUT2D eigenvalue weighted by Crippen LogP contribution is -2.21. The van der Waals surface area contributed by atoms with Crippen molar-refractivity contribution in [2.24, 2.45) is 0 Å². The van der Waals surface area contributed by atoms with E-state index < -0.39 is 45.8 Å². The van der Waals surface area contributed by atoms with Crippen molar-refractivity contribution in [3.8, 4) is 0 Å². The fourth-order valence-electron chi connectivity index (χ4n) is 1.48. The SMILES string of the molecule is CC(C)(C)c1c(F)c(F)c(C(=O)O)c(F)c1F. The van der Waals surface area contributed by atoms with Gasteiger partial charge in [-0.05, 0) is 5.41 Å². The van der Waals surface area contributed by atoms with E-state index in [-0.39, 0.29) is 0 Å². The number of halogens is 4. The predicted molar refractivity (Wildman–Crippen MR) is 51.9 cm³/mol. The molecule has 2 nitrogen and oxygen atoms in total. The van der Waals surface area contributed by atoms with Gasteiger partial charge in [-0.3, -0.25) is 0 Å². The average molecular weight is 250 g/mol. The summed E-state index contributed by atoms with van der Waals surface area (Å²) in [6.45, 7) is 4.06. The maximum atomic E-state index is 13.5. The predicted octanol–water partition coefficient (Wildman–Crippen LogP) is 3.24. The van der Waals surface area contributed by atoms with Crippen molar-refractivity contribution in [3.05, 3.63) is 34.4 Å². The number of rotatable bonds is 1. The number of hydrogen-bond donors (Lipinski definition) is 1. The molecule has 0 radical (unpaired) electrons. The Kier molecular flexibility index (Phi) is 3.18. The molecule has 0 heterocycles. The van der Waals surface area contributed by atoms with Crippen molar-refractivity contribution in [1.29, 1.82) is 0 Å². The maximum Gasteiger partial charge on any atom is 0.341 e. The Labute approximate surface area is 94.9 Å². The Bertz CT molecular complexity index is 460. The van der Waals surface area contributed by atoms with Crippen molar-refractivity contribution in [2.45, 2.75) is 26.2 Å². The molecule has 0 saturated heterocycles. The second-order valence-corrected chi connectivity index (χ2v) is 4.56. The highest BCUT2D eigenvalue weighted by atomic mass is 19.2. The van der Waals surface area contributed by atoms with E-state index in [1.54, 1.807) is 0 Å². The molecule has 1 aromatic carbocycles. The first kappa shape index (κ1) is 13.5. The van der Waals surface area contributed by atoms with Crippen LogP contribution in [0.3, 0.4) is 0 Å². The molecule has 0 amide bonds. The zero-order valence-corrected chi connectivity index (χ0v) is 9.37. The van der Waals surface area contributed by atoms with Crippen LogP contribution in [0.15, 0.2) is 0 Å². The highest BCUT2D eigenvalue weighted by Crippen LogP contribution is 2.32. The largest absolute Gasteiger partial charge is 0.477 e. The summed E-state index contributed by atoms with van der Waals surface area (Å²) < 4.78 is 53.7. The van der Waals surface area contributed by atoms with Crippen molar-refractivity contribution in [2.75, 3.05) is 0 Å². The van der Waals surface area contributed by atoms with E-state index in [4.69, 9.17) is 5.11 Å². The van der Waals surface area contributed by atoms with Gasteiger partial charge >= 0.3 is 5.97 Å². The first-order valence-corrected chi connectivity index (χ1v) is 4.68. The fraction of sp³-hybridized carbons (Fsp3) is 0.364. The van der Waals surface area contributed by atoms with Crippen LogP contribution in [0.2, 0.25) is 0 Å². The van der Waals surface area contributed by atoms with Crippen LogP contribution in [0.25, 0.3) is 0 Å². The highest BCUT2D eigenvalue weighted by Gasteiger charge is 2.33. The van der Waals surface area contributed by atoms with E-state index in [1.165, 1.54) is 20.8 Å². The minimum atomic E-state index is -2.06. The summed E-state index contributed by atoms with van der Waals surface area (Å²) in [4.78, 5) is 10.5. The third-order valence-corrected chi connectivity index (χ3v) is 2.23. The van der Waals surface area contributed by atoms with Crippen molar-refractivity contribution in [1.82, 2.24) is 0 Å². The molecule has 6 heteroatoms. The van der Waals surface area contributed by atoms with Crippen LogP contribution >= 0.6 is 0 Å². The van der Waals surface area contributed by atoms with Gasteiger partial charge in [0.2, 0.25) is 0 Å². The molecule has 0 aliphatic carbocycles. The minimum Gasteiger partial charge on any atom is -0.477 e. The molecule has 0 unspecified atom stereocenters. The van der Waals surface area contributed by atoms with Crippen molar-refractivity contribution >= 4 is 5.97 Å². The Morgan fingerprint density at radius 1 is 0.941 bits per heavy atom. The Morgan fingerprint density at radius 2 is 1.29 bits per heavy atom. The van der Waals surface area contributed by atoms with Crippen LogP contribution in [-0.2, 0) is 5.41 Å². The van der Waals surface area contributed by atoms with Crippen LogP contribution in [0.4, 0.5) is 17.6 Å². The standard InChI is InChI=1S/C11H10F4O2/c1-11(2,3)5-8(14)6(12)4(10(16)17)7(13)9(5)15/h1-3H3,(H,16,17). The summed E-state index contributed by atoms with van der Waals surface area (Å²) in [5.74, 6) is -9.18. The normalized spacial score (nSPS) is 11.7. The zero-order valence-electron chi connectivity index (χ0n) is 9.37. The van der Waals surface area contributed by atoms with E-state index in [0.717, 1.165) is 0 Å². The quantitative estimate of drug-likeness (QED) is 0.613. The summed E-state index contributed by atoms with van der Waals surface area (Å²) >= 11 is 0.